The van der Waals surface area contributed by atoms with Gasteiger partial charge in [-0.25, -0.2) is 4.79 Å². The zero-order valence-corrected chi connectivity index (χ0v) is 14.5. The number of aryl methyl sites for hydroxylation is 2. The van der Waals surface area contributed by atoms with E-state index < -0.39 is 0 Å². The van der Waals surface area contributed by atoms with E-state index in [0.29, 0.717) is 19.4 Å². The summed E-state index contributed by atoms with van der Waals surface area (Å²) in [5, 5.41) is 16.1. The second-order valence-electron chi connectivity index (χ2n) is 5.94. The van der Waals surface area contributed by atoms with Crippen molar-refractivity contribution in [2.45, 2.75) is 39.3 Å². The van der Waals surface area contributed by atoms with E-state index in [4.69, 9.17) is 9.63 Å². The molecule has 2 N–H and O–H groups in total. The Hall–Kier alpha value is -2.34. The topological polar surface area (TPSA) is 78.6 Å². The number of nitrogens with zero attached hydrogens (tertiary/aromatic N) is 2. The molecule has 0 aliphatic heterocycles. The largest absolute Gasteiger partial charge is 0.396 e. The summed E-state index contributed by atoms with van der Waals surface area (Å²) in [7, 11) is 1.75. The van der Waals surface area contributed by atoms with E-state index in [0.717, 1.165) is 22.6 Å². The number of carbonyl (C=O) groups is 1. The van der Waals surface area contributed by atoms with Crippen molar-refractivity contribution in [2.75, 3.05) is 13.7 Å². The SMILES string of the molecule is Cc1noc(C)c1CN(C)C(=O)NC(CCCO)c1ccccc1. The molecule has 6 heteroatoms. The van der Waals surface area contributed by atoms with Gasteiger partial charge in [0, 0.05) is 19.2 Å². The van der Waals surface area contributed by atoms with Crippen LogP contribution in [0.15, 0.2) is 34.9 Å². The van der Waals surface area contributed by atoms with Gasteiger partial charge in [-0.05, 0) is 32.3 Å². The van der Waals surface area contributed by atoms with Crippen LogP contribution in [0.2, 0.25) is 0 Å². The summed E-state index contributed by atoms with van der Waals surface area (Å²) in [6.45, 7) is 4.25. The molecule has 1 atom stereocenters. The molecule has 1 unspecified atom stereocenters. The Morgan fingerprint density at radius 2 is 2.04 bits per heavy atom. The van der Waals surface area contributed by atoms with Crippen molar-refractivity contribution in [1.29, 1.82) is 0 Å². The Morgan fingerprint density at radius 1 is 1.33 bits per heavy atom. The molecule has 2 amide bonds. The van der Waals surface area contributed by atoms with Crippen LogP contribution in [0.3, 0.4) is 0 Å². The molecule has 130 valence electrons. The average molecular weight is 331 g/mol. The molecule has 0 radical (unpaired) electrons. The molecule has 0 saturated carbocycles. The van der Waals surface area contributed by atoms with Crippen LogP contribution in [-0.2, 0) is 6.54 Å². The van der Waals surface area contributed by atoms with E-state index in [-0.39, 0.29) is 18.7 Å². The molecule has 6 nitrogen and oxygen atoms in total. The number of aromatic nitrogens is 1. The van der Waals surface area contributed by atoms with Crippen molar-refractivity contribution in [1.82, 2.24) is 15.4 Å². The maximum Gasteiger partial charge on any atom is 0.317 e. The second kappa shape index (κ2) is 8.49. The first-order valence-electron chi connectivity index (χ1n) is 8.12. The fourth-order valence-corrected chi connectivity index (χ4v) is 2.60. The van der Waals surface area contributed by atoms with Gasteiger partial charge in [-0.3, -0.25) is 0 Å². The predicted octanol–water partition coefficient (Wildman–Crippen LogP) is 2.95. The lowest BCUT2D eigenvalue weighted by Crippen LogP contribution is -2.39. The Morgan fingerprint density at radius 3 is 2.62 bits per heavy atom. The van der Waals surface area contributed by atoms with E-state index in [2.05, 4.69) is 10.5 Å². The normalized spacial score (nSPS) is 12.0. The molecule has 0 aliphatic carbocycles. The van der Waals surface area contributed by atoms with Gasteiger partial charge < -0.3 is 19.8 Å². The van der Waals surface area contributed by atoms with E-state index in [1.807, 2.05) is 44.2 Å². The molecule has 1 aromatic carbocycles. The van der Waals surface area contributed by atoms with Crippen molar-refractivity contribution >= 4 is 6.03 Å². The van der Waals surface area contributed by atoms with Crippen LogP contribution in [-0.4, -0.2) is 34.8 Å². The van der Waals surface area contributed by atoms with E-state index >= 15 is 0 Å². The monoisotopic (exact) mass is 331 g/mol. The molecule has 0 saturated heterocycles. The Kier molecular flexibility index (Phi) is 6.37. The Balaban J connectivity index is 2.03. The number of aliphatic hydroxyl groups excluding tert-OH is 1. The summed E-state index contributed by atoms with van der Waals surface area (Å²) in [4.78, 5) is 14.2. The maximum atomic E-state index is 12.5. The van der Waals surface area contributed by atoms with Crippen LogP contribution in [0.4, 0.5) is 4.79 Å². The summed E-state index contributed by atoms with van der Waals surface area (Å²) >= 11 is 0. The Bertz CT molecular complexity index is 635. The van der Waals surface area contributed by atoms with Crippen LogP contribution >= 0.6 is 0 Å². The highest BCUT2D eigenvalue weighted by Gasteiger charge is 2.19. The van der Waals surface area contributed by atoms with Crippen molar-refractivity contribution in [2.24, 2.45) is 0 Å². The lowest BCUT2D eigenvalue weighted by atomic mass is 10.0. The van der Waals surface area contributed by atoms with Gasteiger partial charge in [-0.1, -0.05) is 35.5 Å². The van der Waals surface area contributed by atoms with Gasteiger partial charge in [0.2, 0.25) is 0 Å². The van der Waals surface area contributed by atoms with E-state index in [1.165, 1.54) is 0 Å². The number of rotatable bonds is 7. The van der Waals surface area contributed by atoms with Gasteiger partial charge in [0.25, 0.3) is 0 Å². The van der Waals surface area contributed by atoms with Crippen molar-refractivity contribution in [3.05, 3.63) is 52.9 Å². The molecule has 0 spiro atoms. The molecule has 0 bridgehead atoms. The molecule has 1 aromatic heterocycles. The third kappa shape index (κ3) is 4.58. The lowest BCUT2D eigenvalue weighted by molar-refractivity contribution is 0.200. The number of urea groups is 1. The first-order valence-corrected chi connectivity index (χ1v) is 8.12. The van der Waals surface area contributed by atoms with Crippen LogP contribution in [0, 0.1) is 13.8 Å². The maximum absolute atomic E-state index is 12.5. The highest BCUT2D eigenvalue weighted by molar-refractivity contribution is 5.74. The number of hydrogen-bond acceptors (Lipinski definition) is 4. The third-order valence-corrected chi connectivity index (χ3v) is 4.07. The smallest absolute Gasteiger partial charge is 0.317 e. The second-order valence-corrected chi connectivity index (χ2v) is 5.94. The zero-order valence-electron chi connectivity index (χ0n) is 14.5. The number of amides is 2. The fraction of sp³-hybridized carbons (Fsp3) is 0.444. The number of carbonyl (C=O) groups excluding carboxylic acids is 1. The molecule has 0 fully saturated rings. The van der Waals surface area contributed by atoms with Crippen molar-refractivity contribution < 1.29 is 14.4 Å². The predicted molar refractivity (Wildman–Crippen MR) is 91.5 cm³/mol. The van der Waals surface area contributed by atoms with E-state index in [1.54, 1.807) is 11.9 Å². The van der Waals surface area contributed by atoms with Gasteiger partial charge >= 0.3 is 6.03 Å². The number of nitrogens with one attached hydrogen (secondary N) is 1. The average Bonchev–Trinajstić information content (AvgIpc) is 2.91. The standard InChI is InChI=1S/C18H25N3O3/c1-13-16(14(2)24-20-13)12-21(3)18(23)19-17(10-7-11-22)15-8-5-4-6-9-15/h4-6,8-9,17,22H,7,10-12H2,1-3H3,(H,19,23). The van der Waals surface area contributed by atoms with Crippen LogP contribution in [0.1, 0.15) is 41.5 Å². The number of aliphatic hydroxyl groups is 1. The summed E-state index contributed by atoms with van der Waals surface area (Å²) in [5.41, 5.74) is 2.76. The van der Waals surface area contributed by atoms with Gasteiger partial charge in [0.05, 0.1) is 18.3 Å². The highest BCUT2D eigenvalue weighted by atomic mass is 16.5. The minimum absolute atomic E-state index is 0.105. The quantitative estimate of drug-likeness (QED) is 0.817. The van der Waals surface area contributed by atoms with Crippen molar-refractivity contribution in [3.63, 3.8) is 0 Å². The first kappa shape index (κ1) is 18.0. The summed E-state index contributed by atoms with van der Waals surface area (Å²) in [6.07, 6.45) is 1.32. The van der Waals surface area contributed by atoms with Gasteiger partial charge in [0.15, 0.2) is 0 Å². The van der Waals surface area contributed by atoms with Crippen LogP contribution in [0.5, 0.6) is 0 Å². The molecule has 24 heavy (non-hydrogen) atoms. The summed E-state index contributed by atoms with van der Waals surface area (Å²) < 4.78 is 5.14. The van der Waals surface area contributed by atoms with E-state index in [9.17, 15) is 4.79 Å². The molecular weight excluding hydrogens is 306 g/mol. The summed E-state index contributed by atoms with van der Waals surface area (Å²) in [5.74, 6) is 0.729. The fourth-order valence-electron chi connectivity index (χ4n) is 2.60. The van der Waals surface area contributed by atoms with Gasteiger partial charge in [-0.2, -0.15) is 0 Å². The third-order valence-electron chi connectivity index (χ3n) is 4.07. The lowest BCUT2D eigenvalue weighted by Gasteiger charge is -2.24. The number of hydrogen-bond donors (Lipinski definition) is 2. The first-order chi connectivity index (χ1) is 11.5. The summed E-state index contributed by atoms with van der Waals surface area (Å²) in [6, 6.07) is 9.51. The molecule has 2 aromatic rings. The van der Waals surface area contributed by atoms with Gasteiger partial charge in [-0.15, -0.1) is 0 Å². The molecule has 0 aliphatic rings. The molecular formula is C18H25N3O3. The van der Waals surface area contributed by atoms with Gasteiger partial charge in [0.1, 0.15) is 5.76 Å². The Labute approximate surface area is 142 Å². The minimum atomic E-state index is -0.165. The molecule has 2 rings (SSSR count). The zero-order chi connectivity index (χ0) is 17.5. The van der Waals surface area contributed by atoms with Crippen LogP contribution in [0.25, 0.3) is 0 Å². The van der Waals surface area contributed by atoms with Crippen LogP contribution < -0.4 is 5.32 Å². The highest BCUT2D eigenvalue weighted by Crippen LogP contribution is 2.19. The molecule has 1 heterocycles. The van der Waals surface area contributed by atoms with Crippen molar-refractivity contribution in [3.8, 4) is 0 Å². The minimum Gasteiger partial charge on any atom is -0.396 e. The number of benzene rings is 1.